The Hall–Kier alpha value is -3.12. The molecule has 1 fully saturated rings. The number of ether oxygens (including phenoxy) is 1. The maximum atomic E-state index is 13.0. The summed E-state index contributed by atoms with van der Waals surface area (Å²) in [6.07, 6.45) is 6.40. The van der Waals surface area contributed by atoms with Gasteiger partial charge in [0.05, 0.1) is 11.9 Å². The largest absolute Gasteiger partial charge is 0.457 e. The summed E-state index contributed by atoms with van der Waals surface area (Å²) in [5, 5.41) is 6.72. The second-order valence-electron chi connectivity index (χ2n) is 7.15. The highest BCUT2D eigenvalue weighted by Gasteiger charge is 2.20. The zero-order valence-corrected chi connectivity index (χ0v) is 15.4. The fourth-order valence-electron chi connectivity index (χ4n) is 3.79. The molecule has 5 nitrogen and oxygen atoms in total. The average molecular weight is 376 g/mol. The Labute approximate surface area is 162 Å². The fourth-order valence-corrected chi connectivity index (χ4v) is 3.79. The lowest BCUT2D eigenvalue weighted by molar-refractivity contribution is 0.462. The highest BCUT2D eigenvalue weighted by Crippen LogP contribution is 2.31. The number of rotatable bonds is 4. The van der Waals surface area contributed by atoms with Crippen LogP contribution in [0.15, 0.2) is 60.9 Å². The van der Waals surface area contributed by atoms with Crippen molar-refractivity contribution in [1.82, 2.24) is 19.9 Å². The van der Waals surface area contributed by atoms with E-state index in [-0.39, 0.29) is 5.82 Å². The van der Waals surface area contributed by atoms with Crippen molar-refractivity contribution in [3.8, 4) is 22.8 Å². The number of fused-ring (bicyclic) bond motifs is 1. The lowest BCUT2D eigenvalue weighted by atomic mass is 9.92. The van der Waals surface area contributed by atoms with E-state index in [9.17, 15) is 4.39 Å². The average Bonchev–Trinajstić information content (AvgIpc) is 3.32. The topological polar surface area (TPSA) is 54.4 Å². The number of hydrogen-bond acceptors (Lipinski definition) is 3. The molecular weight excluding hydrogens is 355 g/mol. The summed E-state index contributed by atoms with van der Waals surface area (Å²) < 4.78 is 20.8. The summed E-state index contributed by atoms with van der Waals surface area (Å²) in [6, 6.07) is 13.8. The number of H-pyrrole nitrogens is 1. The van der Waals surface area contributed by atoms with Gasteiger partial charge in [-0.25, -0.2) is 13.9 Å². The Morgan fingerprint density at radius 1 is 0.964 bits per heavy atom. The molecule has 6 heteroatoms. The van der Waals surface area contributed by atoms with Crippen molar-refractivity contribution in [2.24, 2.45) is 0 Å². The van der Waals surface area contributed by atoms with Crippen LogP contribution in [0.5, 0.6) is 11.5 Å². The summed E-state index contributed by atoms with van der Waals surface area (Å²) in [7, 11) is 0. The van der Waals surface area contributed by atoms with Crippen LogP contribution in [-0.4, -0.2) is 27.7 Å². The molecule has 0 spiro atoms. The molecule has 142 valence electrons. The number of benzene rings is 2. The van der Waals surface area contributed by atoms with Gasteiger partial charge in [-0.15, -0.1) is 0 Å². The lowest BCUT2D eigenvalue weighted by Crippen LogP contribution is -2.26. The molecule has 0 aliphatic carbocycles. The molecule has 2 aromatic heterocycles. The molecule has 5 rings (SSSR count). The molecule has 0 saturated carbocycles. The predicted octanol–water partition coefficient (Wildman–Crippen LogP) is 4.73. The molecule has 0 atom stereocenters. The van der Waals surface area contributed by atoms with Crippen molar-refractivity contribution in [1.29, 1.82) is 0 Å². The van der Waals surface area contributed by atoms with Crippen LogP contribution < -0.4 is 10.1 Å². The molecule has 28 heavy (non-hydrogen) atoms. The standard InChI is InChI=1S/C22H21FN4O/c23-17-3-7-19(8-4-17)28-18-5-1-16(2-6-18)21-14-27-22(26-21)20(13-25-27)15-9-11-24-12-10-15/h1-8,13-15,24-25H,9-12H2. The number of nitrogens with zero attached hydrogens (tertiary/aromatic N) is 2. The number of piperidine rings is 1. The molecule has 0 radical (unpaired) electrons. The van der Waals surface area contributed by atoms with Crippen LogP contribution in [0.3, 0.4) is 0 Å². The zero-order valence-electron chi connectivity index (χ0n) is 15.4. The van der Waals surface area contributed by atoms with Crippen LogP contribution in [0.4, 0.5) is 4.39 Å². The highest BCUT2D eigenvalue weighted by molar-refractivity contribution is 5.65. The van der Waals surface area contributed by atoms with Crippen molar-refractivity contribution in [3.05, 3.63) is 72.3 Å². The van der Waals surface area contributed by atoms with Gasteiger partial charge in [-0.2, -0.15) is 0 Å². The number of imidazole rings is 1. The Bertz CT molecular complexity index is 1080. The SMILES string of the molecule is Fc1ccc(Oc2ccc(-c3cn4[nH]cc(C5CCNCC5)c4n3)cc2)cc1. The first kappa shape index (κ1) is 17.0. The second kappa shape index (κ2) is 7.13. The minimum absolute atomic E-state index is 0.276. The molecule has 3 heterocycles. The number of hydrogen-bond donors (Lipinski definition) is 2. The van der Waals surface area contributed by atoms with E-state index in [1.54, 1.807) is 12.1 Å². The Balaban J connectivity index is 1.37. The van der Waals surface area contributed by atoms with E-state index in [1.165, 1.54) is 17.7 Å². The first-order valence-electron chi connectivity index (χ1n) is 9.57. The molecule has 0 bridgehead atoms. The van der Waals surface area contributed by atoms with E-state index in [0.29, 0.717) is 17.4 Å². The monoisotopic (exact) mass is 376 g/mol. The molecular formula is C22H21FN4O. The first-order valence-corrected chi connectivity index (χ1v) is 9.57. The van der Waals surface area contributed by atoms with Gasteiger partial charge in [0, 0.05) is 17.3 Å². The summed E-state index contributed by atoms with van der Waals surface area (Å²) in [4.78, 5) is 4.87. The van der Waals surface area contributed by atoms with E-state index < -0.39 is 0 Å². The van der Waals surface area contributed by atoms with Gasteiger partial charge in [-0.1, -0.05) is 0 Å². The van der Waals surface area contributed by atoms with E-state index in [4.69, 9.17) is 9.72 Å². The maximum absolute atomic E-state index is 13.0. The van der Waals surface area contributed by atoms with Gasteiger partial charge in [0.2, 0.25) is 0 Å². The summed E-state index contributed by atoms with van der Waals surface area (Å²) in [6.45, 7) is 2.12. The van der Waals surface area contributed by atoms with Gasteiger partial charge in [0.1, 0.15) is 17.3 Å². The van der Waals surface area contributed by atoms with Gasteiger partial charge in [-0.3, -0.25) is 5.10 Å². The quantitative estimate of drug-likeness (QED) is 0.541. The first-order chi connectivity index (χ1) is 13.8. The fraction of sp³-hybridized carbons (Fsp3) is 0.227. The van der Waals surface area contributed by atoms with Crippen LogP contribution in [0.1, 0.15) is 24.3 Å². The van der Waals surface area contributed by atoms with Crippen molar-refractivity contribution in [2.45, 2.75) is 18.8 Å². The van der Waals surface area contributed by atoms with Crippen molar-refractivity contribution < 1.29 is 9.13 Å². The number of halogens is 1. The summed E-state index contributed by atoms with van der Waals surface area (Å²) >= 11 is 0. The molecule has 4 aromatic rings. The number of aromatic nitrogens is 3. The van der Waals surface area contributed by atoms with Crippen molar-refractivity contribution in [3.63, 3.8) is 0 Å². The van der Waals surface area contributed by atoms with Gasteiger partial charge in [0.25, 0.3) is 0 Å². The minimum Gasteiger partial charge on any atom is -0.457 e. The van der Waals surface area contributed by atoms with Crippen molar-refractivity contribution in [2.75, 3.05) is 13.1 Å². The van der Waals surface area contributed by atoms with Crippen LogP contribution in [0.2, 0.25) is 0 Å². The predicted molar refractivity (Wildman–Crippen MR) is 106 cm³/mol. The third kappa shape index (κ3) is 3.27. The van der Waals surface area contributed by atoms with Crippen molar-refractivity contribution >= 4 is 5.65 Å². The Kier molecular flexibility index (Phi) is 4.33. The molecule has 2 N–H and O–H groups in total. The third-order valence-corrected chi connectivity index (χ3v) is 5.30. The molecule has 0 unspecified atom stereocenters. The van der Waals surface area contributed by atoms with E-state index in [2.05, 4.69) is 16.6 Å². The Morgan fingerprint density at radius 3 is 2.36 bits per heavy atom. The molecule has 2 aromatic carbocycles. The zero-order chi connectivity index (χ0) is 18.9. The second-order valence-corrected chi connectivity index (χ2v) is 7.15. The van der Waals surface area contributed by atoms with Crippen LogP contribution in [0.25, 0.3) is 16.9 Å². The van der Waals surface area contributed by atoms with Gasteiger partial charge >= 0.3 is 0 Å². The summed E-state index contributed by atoms with van der Waals surface area (Å²) in [5.74, 6) is 1.59. The van der Waals surface area contributed by atoms with E-state index >= 15 is 0 Å². The van der Waals surface area contributed by atoms with Gasteiger partial charge in [0.15, 0.2) is 5.65 Å². The van der Waals surface area contributed by atoms with Gasteiger partial charge < -0.3 is 10.1 Å². The van der Waals surface area contributed by atoms with E-state index in [1.807, 2.05) is 35.0 Å². The number of aromatic amines is 1. The normalized spacial score (nSPS) is 15.2. The number of nitrogens with one attached hydrogen (secondary N) is 2. The van der Waals surface area contributed by atoms with E-state index in [0.717, 1.165) is 42.8 Å². The molecule has 1 saturated heterocycles. The van der Waals surface area contributed by atoms with Crippen LogP contribution in [-0.2, 0) is 0 Å². The summed E-state index contributed by atoms with van der Waals surface area (Å²) in [5.41, 5.74) is 4.26. The third-order valence-electron chi connectivity index (χ3n) is 5.30. The lowest BCUT2D eigenvalue weighted by Gasteiger charge is -2.21. The smallest absolute Gasteiger partial charge is 0.157 e. The van der Waals surface area contributed by atoms with Crippen LogP contribution in [0, 0.1) is 5.82 Å². The molecule has 1 aliphatic rings. The van der Waals surface area contributed by atoms with Gasteiger partial charge in [-0.05, 0) is 80.4 Å². The minimum atomic E-state index is -0.276. The highest BCUT2D eigenvalue weighted by atomic mass is 19.1. The maximum Gasteiger partial charge on any atom is 0.157 e. The molecule has 0 amide bonds. The van der Waals surface area contributed by atoms with Crippen LogP contribution >= 0.6 is 0 Å². The Morgan fingerprint density at radius 2 is 1.64 bits per heavy atom. The molecule has 1 aliphatic heterocycles.